The van der Waals surface area contributed by atoms with Gasteiger partial charge >= 0.3 is 0 Å². The molecule has 0 aliphatic carbocycles. The average Bonchev–Trinajstić information content (AvgIpc) is 1.87. The van der Waals surface area contributed by atoms with Crippen LogP contribution in [0.15, 0.2) is 5.18 Å². The second-order valence-corrected chi connectivity index (χ2v) is 2.16. The van der Waals surface area contributed by atoms with Gasteiger partial charge in [-0.15, -0.1) is 0 Å². The van der Waals surface area contributed by atoms with Crippen molar-refractivity contribution in [3.63, 3.8) is 0 Å². The molecule has 0 N–H and O–H groups in total. The van der Waals surface area contributed by atoms with Gasteiger partial charge in [0.05, 0.1) is 11.6 Å². The Hall–Kier alpha value is -0.910. The topological polar surface area (TPSA) is 53.2 Å². The molecule has 0 saturated carbocycles. The highest BCUT2D eigenvalue weighted by molar-refractivity contribution is 4.82. The molecule has 0 aliphatic heterocycles. The second kappa shape index (κ2) is 3.18. The van der Waals surface area contributed by atoms with Crippen LogP contribution in [0.2, 0.25) is 0 Å². The summed E-state index contributed by atoms with van der Waals surface area (Å²) in [4.78, 5) is 10.1. The monoisotopic (exact) mass is 128 g/mol. The fourth-order valence-corrected chi connectivity index (χ4v) is 0.288. The molecule has 0 heterocycles. The Morgan fingerprint density at radius 1 is 1.89 bits per heavy atom. The van der Waals surface area contributed by atoms with E-state index >= 15 is 0 Å². The first kappa shape index (κ1) is 4.92. The first-order valence-electron chi connectivity index (χ1n) is 3.59. The summed E-state index contributed by atoms with van der Waals surface area (Å²) in [5.74, 6) is 0. The van der Waals surface area contributed by atoms with E-state index < -0.39 is 11.9 Å². The van der Waals surface area contributed by atoms with Gasteiger partial charge in [-0.2, -0.15) is 10.2 Å². The van der Waals surface area contributed by atoms with Crippen LogP contribution in [0.25, 0.3) is 0 Å². The lowest BCUT2D eigenvalue weighted by atomic mass is 10.0. The van der Waals surface area contributed by atoms with Gasteiger partial charge in [-0.1, -0.05) is 5.18 Å². The van der Waals surface area contributed by atoms with Crippen LogP contribution in [0, 0.1) is 16.2 Å². The van der Waals surface area contributed by atoms with E-state index in [4.69, 9.17) is 8.00 Å². The third-order valence-electron chi connectivity index (χ3n) is 0.828. The van der Waals surface area contributed by atoms with E-state index in [1.54, 1.807) is 6.07 Å². The zero-order valence-electron chi connectivity index (χ0n) is 7.51. The first-order valence-corrected chi connectivity index (χ1v) is 2.59. The van der Waals surface area contributed by atoms with Crippen molar-refractivity contribution in [3.05, 3.63) is 4.91 Å². The van der Waals surface area contributed by atoms with Crippen molar-refractivity contribution in [2.24, 2.45) is 5.18 Å². The molecule has 0 aliphatic rings. The van der Waals surface area contributed by atoms with Crippen LogP contribution < -0.4 is 0 Å². The Bertz CT molecular complexity index is 195. The van der Waals surface area contributed by atoms with E-state index in [-0.39, 0.29) is 6.42 Å². The van der Waals surface area contributed by atoms with E-state index in [2.05, 4.69) is 5.18 Å². The van der Waals surface area contributed by atoms with Gasteiger partial charge in [-0.05, 0) is 20.2 Å². The third kappa shape index (κ3) is 3.65. The quantitative estimate of drug-likeness (QED) is 0.544. The minimum atomic E-state index is -1.84. The van der Waals surface area contributed by atoms with Crippen molar-refractivity contribution >= 4 is 0 Å². The van der Waals surface area contributed by atoms with Crippen LogP contribution in [0.3, 0.4) is 0 Å². The van der Waals surface area contributed by atoms with Crippen molar-refractivity contribution in [1.82, 2.24) is 0 Å². The zero-order valence-corrected chi connectivity index (χ0v) is 5.51. The summed E-state index contributed by atoms with van der Waals surface area (Å²) in [7, 11) is 0. The average molecular weight is 128 g/mol. The smallest absolute Gasteiger partial charge is 0.0980 e. The number of nitriles is 1. The Morgan fingerprint density at radius 2 is 2.44 bits per heavy atom. The lowest BCUT2D eigenvalue weighted by molar-refractivity contribution is 0.482. The van der Waals surface area contributed by atoms with Crippen LogP contribution in [0.4, 0.5) is 0 Å². The van der Waals surface area contributed by atoms with Gasteiger partial charge in [0.1, 0.15) is 0 Å². The molecule has 0 fully saturated rings. The SMILES string of the molecule is [2H]C([2H])(CC#N)C(C)(C)N=O. The van der Waals surface area contributed by atoms with E-state index in [1.165, 1.54) is 13.8 Å². The van der Waals surface area contributed by atoms with Gasteiger partial charge in [0.2, 0.25) is 0 Å². The highest BCUT2D eigenvalue weighted by Crippen LogP contribution is 2.14. The molecule has 0 bridgehead atoms. The summed E-state index contributed by atoms with van der Waals surface area (Å²) in [6.07, 6.45) is -2.16. The van der Waals surface area contributed by atoms with Gasteiger partial charge in [-0.3, -0.25) is 0 Å². The molecular weight excluding hydrogens is 116 g/mol. The molecular formula is C6H10N2O. The Balaban J connectivity index is 4.55. The number of hydrogen-bond donors (Lipinski definition) is 0. The Morgan fingerprint density at radius 3 is 2.78 bits per heavy atom. The van der Waals surface area contributed by atoms with Crippen molar-refractivity contribution in [2.75, 3.05) is 0 Å². The molecule has 3 nitrogen and oxygen atoms in total. The van der Waals surface area contributed by atoms with Crippen LogP contribution >= 0.6 is 0 Å². The van der Waals surface area contributed by atoms with Gasteiger partial charge in [0.15, 0.2) is 0 Å². The molecule has 50 valence electrons. The molecule has 0 radical (unpaired) electrons. The largest absolute Gasteiger partial charge is 0.198 e. The van der Waals surface area contributed by atoms with Crippen molar-refractivity contribution < 1.29 is 2.74 Å². The molecule has 9 heavy (non-hydrogen) atoms. The highest BCUT2D eigenvalue weighted by Gasteiger charge is 2.16. The van der Waals surface area contributed by atoms with Gasteiger partial charge in [0, 0.05) is 9.16 Å². The van der Waals surface area contributed by atoms with Crippen LogP contribution in [0.5, 0.6) is 0 Å². The maximum Gasteiger partial charge on any atom is 0.0980 e. The molecule has 0 aromatic carbocycles. The maximum absolute atomic E-state index is 10.1. The van der Waals surface area contributed by atoms with E-state index in [1.807, 2.05) is 0 Å². The summed E-state index contributed by atoms with van der Waals surface area (Å²) < 4.78 is 14.6. The maximum atomic E-state index is 10.1. The predicted molar refractivity (Wildman–Crippen MR) is 34.7 cm³/mol. The van der Waals surface area contributed by atoms with Gasteiger partial charge in [0.25, 0.3) is 0 Å². The summed E-state index contributed by atoms with van der Waals surface area (Å²) in [5, 5.41) is 10.9. The molecule has 0 rings (SSSR count). The Kier molecular flexibility index (Phi) is 1.74. The summed E-state index contributed by atoms with van der Waals surface area (Å²) in [6, 6.07) is 1.67. The lowest BCUT2D eigenvalue weighted by Gasteiger charge is -2.10. The fraction of sp³-hybridized carbons (Fsp3) is 0.833. The highest BCUT2D eigenvalue weighted by atomic mass is 16.3. The molecule has 0 spiro atoms. The molecule has 0 aromatic rings. The molecule has 0 atom stereocenters. The van der Waals surface area contributed by atoms with Crippen molar-refractivity contribution in [2.45, 2.75) is 32.2 Å². The van der Waals surface area contributed by atoms with E-state index in [0.717, 1.165) is 0 Å². The number of rotatable bonds is 3. The summed E-state index contributed by atoms with van der Waals surface area (Å²) in [5.41, 5.74) is -1.33. The first-order chi connectivity index (χ1) is 4.87. The number of nitrogens with zero attached hydrogens (tertiary/aromatic N) is 2. The third-order valence-corrected chi connectivity index (χ3v) is 0.828. The number of hydrogen-bond acceptors (Lipinski definition) is 3. The summed E-state index contributed by atoms with van der Waals surface area (Å²) >= 11 is 0. The zero-order chi connectivity index (χ0) is 9.12. The van der Waals surface area contributed by atoms with Crippen LogP contribution in [0.1, 0.15) is 29.4 Å². The van der Waals surface area contributed by atoms with Gasteiger partial charge < -0.3 is 0 Å². The lowest BCUT2D eigenvalue weighted by Crippen LogP contribution is -2.14. The van der Waals surface area contributed by atoms with Gasteiger partial charge in [-0.25, -0.2) is 0 Å². The van der Waals surface area contributed by atoms with Crippen LogP contribution in [-0.4, -0.2) is 5.54 Å². The van der Waals surface area contributed by atoms with Crippen molar-refractivity contribution in [1.29, 1.82) is 5.26 Å². The molecule has 0 amide bonds. The Labute approximate surface area is 57.5 Å². The van der Waals surface area contributed by atoms with Crippen LogP contribution in [-0.2, 0) is 0 Å². The standard InChI is InChI=1S/C6H10N2O/c1-6(2,8-9)4-3-5-7/h3-4H2,1-2H3/i4D2. The minimum Gasteiger partial charge on any atom is -0.198 e. The van der Waals surface area contributed by atoms with E-state index in [9.17, 15) is 4.91 Å². The summed E-state index contributed by atoms with van der Waals surface area (Å²) in [6.45, 7) is 2.74. The normalized spacial score (nSPS) is 15.2. The number of nitroso groups, excluding NO2 is 1. The van der Waals surface area contributed by atoms with E-state index in [0.29, 0.717) is 0 Å². The second-order valence-electron chi connectivity index (χ2n) is 2.16. The molecule has 0 saturated heterocycles. The fourth-order valence-electron chi connectivity index (χ4n) is 0.288. The molecule has 3 heteroatoms. The predicted octanol–water partition coefficient (Wildman–Crippen LogP) is 1.84. The molecule has 0 aromatic heterocycles. The van der Waals surface area contributed by atoms with Crippen molar-refractivity contribution in [3.8, 4) is 6.07 Å². The minimum absolute atomic E-state index is 0.314. The molecule has 0 unspecified atom stereocenters.